The summed E-state index contributed by atoms with van der Waals surface area (Å²) in [7, 11) is 0. The molecule has 0 unspecified atom stereocenters. The first-order valence-electron chi connectivity index (χ1n) is 4.30. The fraction of sp³-hybridized carbons (Fsp3) is 1.00. The van der Waals surface area contributed by atoms with Gasteiger partial charge in [-0.05, 0) is 38.1 Å². The van der Waals surface area contributed by atoms with Gasteiger partial charge in [-0.2, -0.15) is 0 Å². The van der Waals surface area contributed by atoms with Gasteiger partial charge in [-0.1, -0.05) is 0 Å². The molecule has 3 heteroatoms. The van der Waals surface area contributed by atoms with Crippen LogP contribution in [0.3, 0.4) is 0 Å². The molecule has 3 nitrogen and oxygen atoms in total. The smallest absolute Gasteiger partial charge is 0.154 e. The molecule has 1 saturated carbocycles. The Labute approximate surface area is 67.2 Å². The van der Waals surface area contributed by atoms with Crippen LogP contribution in [0, 0.1) is 11.8 Å². The van der Waals surface area contributed by atoms with Crippen molar-refractivity contribution in [1.29, 1.82) is 0 Å². The summed E-state index contributed by atoms with van der Waals surface area (Å²) in [5.41, 5.74) is 5.50. The van der Waals surface area contributed by atoms with Crippen molar-refractivity contribution in [2.45, 2.75) is 32.0 Å². The highest BCUT2D eigenvalue weighted by Gasteiger charge is 2.24. The normalized spacial score (nSPS) is 32.7. The van der Waals surface area contributed by atoms with Gasteiger partial charge in [-0.3, -0.25) is 0 Å². The van der Waals surface area contributed by atoms with Crippen molar-refractivity contribution < 1.29 is 10.2 Å². The van der Waals surface area contributed by atoms with Gasteiger partial charge in [-0.15, -0.1) is 0 Å². The van der Waals surface area contributed by atoms with Gasteiger partial charge in [-0.25, -0.2) is 0 Å². The van der Waals surface area contributed by atoms with Crippen molar-refractivity contribution >= 4 is 0 Å². The van der Waals surface area contributed by atoms with E-state index >= 15 is 0 Å². The Hall–Kier alpha value is -0.120. The van der Waals surface area contributed by atoms with Gasteiger partial charge in [0.25, 0.3) is 0 Å². The lowest BCUT2D eigenvalue weighted by molar-refractivity contribution is -0.0955. The maximum atomic E-state index is 8.86. The third kappa shape index (κ3) is 2.43. The van der Waals surface area contributed by atoms with Crippen LogP contribution in [0.5, 0.6) is 0 Å². The molecule has 1 aliphatic rings. The summed E-state index contributed by atoms with van der Waals surface area (Å²) in [5, 5.41) is 17.7. The van der Waals surface area contributed by atoms with Crippen molar-refractivity contribution in [3.8, 4) is 0 Å². The van der Waals surface area contributed by atoms with Crippen molar-refractivity contribution in [3.05, 3.63) is 0 Å². The molecule has 0 atom stereocenters. The van der Waals surface area contributed by atoms with Crippen LogP contribution < -0.4 is 5.73 Å². The Morgan fingerprint density at radius 1 is 1.18 bits per heavy atom. The minimum Gasteiger partial charge on any atom is -0.368 e. The van der Waals surface area contributed by atoms with Gasteiger partial charge >= 0.3 is 0 Å². The molecule has 0 saturated heterocycles. The first-order valence-corrected chi connectivity index (χ1v) is 4.30. The van der Waals surface area contributed by atoms with Crippen LogP contribution in [0.4, 0.5) is 0 Å². The number of hydrogen-bond acceptors (Lipinski definition) is 3. The molecule has 0 amide bonds. The average Bonchev–Trinajstić information content (AvgIpc) is 2.05. The van der Waals surface area contributed by atoms with Crippen LogP contribution in [0.2, 0.25) is 0 Å². The maximum Gasteiger partial charge on any atom is 0.154 e. The van der Waals surface area contributed by atoms with Crippen LogP contribution in [-0.4, -0.2) is 23.0 Å². The summed E-state index contributed by atoms with van der Waals surface area (Å²) in [4.78, 5) is 0. The van der Waals surface area contributed by atoms with Gasteiger partial charge in [0.15, 0.2) is 6.29 Å². The van der Waals surface area contributed by atoms with E-state index in [0.29, 0.717) is 5.92 Å². The Morgan fingerprint density at radius 3 is 2.09 bits per heavy atom. The molecule has 1 rings (SSSR count). The highest BCUT2D eigenvalue weighted by Crippen LogP contribution is 2.29. The molecule has 0 aromatic rings. The van der Waals surface area contributed by atoms with Crippen LogP contribution in [0.1, 0.15) is 25.7 Å². The molecule has 0 radical (unpaired) electrons. The van der Waals surface area contributed by atoms with E-state index in [2.05, 4.69) is 0 Å². The monoisotopic (exact) mass is 159 g/mol. The van der Waals surface area contributed by atoms with Crippen molar-refractivity contribution in [3.63, 3.8) is 0 Å². The maximum absolute atomic E-state index is 8.86. The predicted octanol–water partition coefficient (Wildman–Crippen LogP) is 0.0622. The summed E-state index contributed by atoms with van der Waals surface area (Å²) >= 11 is 0. The van der Waals surface area contributed by atoms with Gasteiger partial charge < -0.3 is 15.9 Å². The molecule has 0 spiro atoms. The van der Waals surface area contributed by atoms with E-state index in [1.807, 2.05) is 0 Å². The third-order valence-electron chi connectivity index (χ3n) is 2.65. The molecule has 0 aromatic heterocycles. The Bertz CT molecular complexity index is 109. The third-order valence-corrected chi connectivity index (χ3v) is 2.65. The van der Waals surface area contributed by atoms with Crippen LogP contribution in [0.15, 0.2) is 0 Å². The Kier molecular flexibility index (Phi) is 3.30. The molecular formula is C8H17NO2. The van der Waals surface area contributed by atoms with Gasteiger partial charge in [0, 0.05) is 5.92 Å². The number of nitrogens with two attached hydrogens (primary N) is 1. The molecule has 0 aromatic carbocycles. The van der Waals surface area contributed by atoms with E-state index in [9.17, 15) is 0 Å². The topological polar surface area (TPSA) is 66.5 Å². The molecule has 11 heavy (non-hydrogen) atoms. The fourth-order valence-corrected chi connectivity index (χ4v) is 1.72. The first kappa shape index (κ1) is 8.97. The zero-order chi connectivity index (χ0) is 8.27. The number of aliphatic hydroxyl groups excluding tert-OH is 1. The average molecular weight is 159 g/mol. The van der Waals surface area contributed by atoms with Crippen LogP contribution >= 0.6 is 0 Å². The molecule has 1 aliphatic carbocycles. The lowest BCUT2D eigenvalue weighted by atomic mass is 9.82. The second-order valence-electron chi connectivity index (χ2n) is 3.43. The van der Waals surface area contributed by atoms with Crippen molar-refractivity contribution in [2.75, 3.05) is 6.54 Å². The largest absolute Gasteiger partial charge is 0.368 e. The molecule has 4 N–H and O–H groups in total. The van der Waals surface area contributed by atoms with Crippen LogP contribution in [0.25, 0.3) is 0 Å². The zero-order valence-corrected chi connectivity index (χ0v) is 6.74. The Balaban J connectivity index is 2.24. The van der Waals surface area contributed by atoms with Gasteiger partial charge in [0.1, 0.15) is 0 Å². The minimum absolute atomic E-state index is 0.0952. The summed E-state index contributed by atoms with van der Waals surface area (Å²) in [5.74, 6) is 0.711. The first-order chi connectivity index (χ1) is 5.24. The lowest BCUT2D eigenvalue weighted by Gasteiger charge is -2.28. The van der Waals surface area contributed by atoms with Gasteiger partial charge in [0.05, 0.1) is 0 Å². The zero-order valence-electron chi connectivity index (χ0n) is 6.74. The second-order valence-corrected chi connectivity index (χ2v) is 3.43. The van der Waals surface area contributed by atoms with Crippen LogP contribution in [-0.2, 0) is 0 Å². The van der Waals surface area contributed by atoms with E-state index in [0.717, 1.165) is 32.2 Å². The summed E-state index contributed by atoms with van der Waals surface area (Å²) in [6, 6.07) is 0. The molecule has 0 aliphatic heterocycles. The van der Waals surface area contributed by atoms with Crippen molar-refractivity contribution in [2.24, 2.45) is 17.6 Å². The summed E-state index contributed by atoms with van der Waals surface area (Å²) in [6.45, 7) is 0.744. The van der Waals surface area contributed by atoms with E-state index < -0.39 is 6.29 Å². The SMILES string of the molecule is NCC1CCC(C(O)O)CC1. The lowest BCUT2D eigenvalue weighted by Crippen LogP contribution is -2.28. The quantitative estimate of drug-likeness (QED) is 0.499. The van der Waals surface area contributed by atoms with E-state index in [1.54, 1.807) is 0 Å². The summed E-state index contributed by atoms with van der Waals surface area (Å²) in [6.07, 6.45) is 2.82. The van der Waals surface area contributed by atoms with E-state index in [4.69, 9.17) is 15.9 Å². The summed E-state index contributed by atoms with van der Waals surface area (Å²) < 4.78 is 0. The molecule has 0 heterocycles. The van der Waals surface area contributed by atoms with Crippen molar-refractivity contribution in [1.82, 2.24) is 0 Å². The fourth-order valence-electron chi connectivity index (χ4n) is 1.72. The molecule has 1 fully saturated rings. The molecular weight excluding hydrogens is 142 g/mol. The molecule has 66 valence electrons. The van der Waals surface area contributed by atoms with Gasteiger partial charge in [0.2, 0.25) is 0 Å². The number of rotatable bonds is 2. The van der Waals surface area contributed by atoms with E-state index in [-0.39, 0.29) is 5.92 Å². The highest BCUT2D eigenvalue weighted by atomic mass is 16.5. The standard InChI is InChI=1S/C8H17NO2/c9-5-6-1-3-7(4-2-6)8(10)11/h6-8,10-11H,1-5,9H2. The highest BCUT2D eigenvalue weighted by molar-refractivity contribution is 4.73. The number of hydrogen-bond donors (Lipinski definition) is 3. The van der Waals surface area contributed by atoms with E-state index in [1.165, 1.54) is 0 Å². The molecule has 0 bridgehead atoms. The minimum atomic E-state index is -1.12. The predicted molar refractivity (Wildman–Crippen MR) is 42.7 cm³/mol. The second kappa shape index (κ2) is 4.04. The number of aliphatic hydroxyl groups is 2. The Morgan fingerprint density at radius 2 is 1.73 bits per heavy atom.